The van der Waals surface area contributed by atoms with Crippen LogP contribution in [-0.4, -0.2) is 12.0 Å². The van der Waals surface area contributed by atoms with Crippen molar-refractivity contribution in [2.75, 3.05) is 5.32 Å². The highest BCUT2D eigenvalue weighted by atomic mass is 19.4. The van der Waals surface area contributed by atoms with Gasteiger partial charge in [-0.1, -0.05) is 31.2 Å². The third-order valence-corrected chi connectivity index (χ3v) is 3.42. The SMILES string of the molecule is CC[C@H](Oc1cccc(C)c1)C(=O)Nc1ccccc1C(F)(F)F. The lowest BCUT2D eigenvalue weighted by Crippen LogP contribution is -2.33. The van der Waals surface area contributed by atoms with Crippen LogP contribution in [0.25, 0.3) is 0 Å². The third-order valence-electron chi connectivity index (χ3n) is 3.42. The Kier molecular flexibility index (Phi) is 5.49. The summed E-state index contributed by atoms with van der Waals surface area (Å²) < 4.78 is 44.6. The first kappa shape index (κ1) is 17.8. The molecule has 0 saturated carbocycles. The molecule has 0 heterocycles. The van der Waals surface area contributed by atoms with E-state index in [0.717, 1.165) is 11.6 Å². The molecule has 0 aromatic heterocycles. The van der Waals surface area contributed by atoms with E-state index < -0.39 is 23.8 Å². The maximum absolute atomic E-state index is 13.0. The molecule has 3 nitrogen and oxygen atoms in total. The van der Waals surface area contributed by atoms with Crippen LogP contribution in [0.15, 0.2) is 48.5 Å². The molecule has 128 valence electrons. The number of nitrogens with one attached hydrogen (secondary N) is 1. The average molecular weight is 337 g/mol. The number of carbonyl (C=O) groups is 1. The van der Waals surface area contributed by atoms with Gasteiger partial charge in [-0.2, -0.15) is 13.2 Å². The van der Waals surface area contributed by atoms with Crippen LogP contribution in [0.1, 0.15) is 24.5 Å². The predicted molar refractivity (Wildman–Crippen MR) is 86.0 cm³/mol. The summed E-state index contributed by atoms with van der Waals surface area (Å²) in [5.41, 5.74) is -0.199. The zero-order valence-electron chi connectivity index (χ0n) is 13.4. The van der Waals surface area contributed by atoms with Gasteiger partial charge < -0.3 is 10.1 Å². The third kappa shape index (κ3) is 4.50. The maximum atomic E-state index is 13.0. The normalized spacial score (nSPS) is 12.5. The summed E-state index contributed by atoms with van der Waals surface area (Å²) in [6.45, 7) is 3.61. The van der Waals surface area contributed by atoms with E-state index in [2.05, 4.69) is 5.32 Å². The van der Waals surface area contributed by atoms with Crippen molar-refractivity contribution in [2.24, 2.45) is 0 Å². The van der Waals surface area contributed by atoms with E-state index in [0.29, 0.717) is 12.2 Å². The van der Waals surface area contributed by atoms with E-state index in [4.69, 9.17) is 4.74 Å². The van der Waals surface area contributed by atoms with Gasteiger partial charge in [-0.25, -0.2) is 0 Å². The monoisotopic (exact) mass is 337 g/mol. The zero-order valence-corrected chi connectivity index (χ0v) is 13.4. The predicted octanol–water partition coefficient (Wildman–Crippen LogP) is 4.81. The first-order valence-electron chi connectivity index (χ1n) is 7.51. The van der Waals surface area contributed by atoms with Crippen molar-refractivity contribution in [3.63, 3.8) is 0 Å². The summed E-state index contributed by atoms with van der Waals surface area (Å²) in [6.07, 6.45) is -5.09. The van der Waals surface area contributed by atoms with Gasteiger partial charge in [0.15, 0.2) is 6.10 Å². The quantitative estimate of drug-likeness (QED) is 0.850. The van der Waals surface area contributed by atoms with Gasteiger partial charge in [0.2, 0.25) is 0 Å². The number of amides is 1. The number of hydrogen-bond acceptors (Lipinski definition) is 2. The standard InChI is InChI=1S/C18H18F3NO2/c1-3-16(24-13-8-6-7-12(2)11-13)17(23)22-15-10-5-4-9-14(15)18(19,20)21/h4-11,16H,3H2,1-2H3,(H,22,23)/t16-/m0/s1. The molecule has 0 spiro atoms. The van der Waals surface area contributed by atoms with Gasteiger partial charge in [-0.05, 0) is 43.2 Å². The molecule has 1 atom stereocenters. The van der Waals surface area contributed by atoms with E-state index >= 15 is 0 Å². The van der Waals surface area contributed by atoms with Crippen molar-refractivity contribution < 1.29 is 22.7 Å². The van der Waals surface area contributed by atoms with Gasteiger partial charge in [0, 0.05) is 0 Å². The number of benzene rings is 2. The number of carbonyl (C=O) groups excluding carboxylic acids is 1. The average Bonchev–Trinajstić information content (AvgIpc) is 2.52. The Morgan fingerprint density at radius 3 is 2.50 bits per heavy atom. The minimum atomic E-state index is -4.54. The lowest BCUT2D eigenvalue weighted by molar-refractivity contribution is -0.137. The molecule has 0 saturated heterocycles. The Hall–Kier alpha value is -2.50. The molecule has 24 heavy (non-hydrogen) atoms. The van der Waals surface area contributed by atoms with Crippen molar-refractivity contribution in [1.82, 2.24) is 0 Å². The maximum Gasteiger partial charge on any atom is 0.418 e. The zero-order chi connectivity index (χ0) is 17.7. The minimum Gasteiger partial charge on any atom is -0.481 e. The topological polar surface area (TPSA) is 38.3 Å². The molecule has 2 rings (SSSR count). The molecule has 0 unspecified atom stereocenters. The van der Waals surface area contributed by atoms with Gasteiger partial charge in [0.05, 0.1) is 11.3 Å². The van der Waals surface area contributed by atoms with E-state index in [1.54, 1.807) is 25.1 Å². The number of anilines is 1. The van der Waals surface area contributed by atoms with Crippen molar-refractivity contribution in [2.45, 2.75) is 32.5 Å². The van der Waals surface area contributed by atoms with Crippen LogP contribution in [0, 0.1) is 6.92 Å². The molecular weight excluding hydrogens is 319 g/mol. The lowest BCUT2D eigenvalue weighted by Gasteiger charge is -2.19. The summed E-state index contributed by atoms with van der Waals surface area (Å²) in [5.74, 6) is -0.114. The van der Waals surface area contributed by atoms with E-state index in [1.807, 2.05) is 13.0 Å². The van der Waals surface area contributed by atoms with Crippen LogP contribution < -0.4 is 10.1 Å². The molecule has 0 fully saturated rings. The van der Waals surface area contributed by atoms with Crippen LogP contribution in [-0.2, 0) is 11.0 Å². The van der Waals surface area contributed by atoms with Crippen LogP contribution in [0.4, 0.5) is 18.9 Å². The number of aryl methyl sites for hydroxylation is 1. The Balaban J connectivity index is 2.16. The Morgan fingerprint density at radius 2 is 1.88 bits per heavy atom. The van der Waals surface area contributed by atoms with Crippen LogP contribution in [0.5, 0.6) is 5.75 Å². The fourth-order valence-corrected chi connectivity index (χ4v) is 2.23. The summed E-state index contributed by atoms with van der Waals surface area (Å²) in [4.78, 5) is 12.3. The van der Waals surface area contributed by atoms with Gasteiger partial charge in [-0.15, -0.1) is 0 Å². The minimum absolute atomic E-state index is 0.277. The van der Waals surface area contributed by atoms with E-state index in [1.165, 1.54) is 18.2 Å². The fourth-order valence-electron chi connectivity index (χ4n) is 2.23. The van der Waals surface area contributed by atoms with E-state index in [-0.39, 0.29) is 5.69 Å². The van der Waals surface area contributed by atoms with Crippen LogP contribution >= 0.6 is 0 Å². The highest BCUT2D eigenvalue weighted by molar-refractivity contribution is 5.95. The molecule has 1 amide bonds. The van der Waals surface area contributed by atoms with Crippen LogP contribution in [0.3, 0.4) is 0 Å². The van der Waals surface area contributed by atoms with Gasteiger partial charge in [0.1, 0.15) is 5.75 Å². The largest absolute Gasteiger partial charge is 0.481 e. The molecule has 1 N–H and O–H groups in total. The first-order chi connectivity index (χ1) is 11.3. The first-order valence-corrected chi connectivity index (χ1v) is 7.51. The highest BCUT2D eigenvalue weighted by Gasteiger charge is 2.34. The summed E-state index contributed by atoms with van der Waals surface area (Å²) in [5, 5.41) is 2.32. The van der Waals surface area contributed by atoms with Gasteiger partial charge >= 0.3 is 6.18 Å². The molecule has 0 aliphatic rings. The van der Waals surface area contributed by atoms with Crippen molar-refractivity contribution in [3.05, 3.63) is 59.7 Å². The smallest absolute Gasteiger partial charge is 0.418 e. The summed E-state index contributed by atoms with van der Waals surface area (Å²) in [7, 11) is 0. The summed E-state index contributed by atoms with van der Waals surface area (Å²) >= 11 is 0. The number of para-hydroxylation sites is 1. The van der Waals surface area contributed by atoms with Crippen molar-refractivity contribution in [3.8, 4) is 5.75 Å². The number of rotatable bonds is 5. The van der Waals surface area contributed by atoms with Crippen LogP contribution in [0.2, 0.25) is 0 Å². The Labute approximate surface area is 138 Å². The van der Waals surface area contributed by atoms with E-state index in [9.17, 15) is 18.0 Å². The van der Waals surface area contributed by atoms with Gasteiger partial charge in [0.25, 0.3) is 5.91 Å². The van der Waals surface area contributed by atoms with Crippen molar-refractivity contribution in [1.29, 1.82) is 0 Å². The molecular formula is C18H18F3NO2. The number of halogens is 3. The molecule has 0 aliphatic carbocycles. The van der Waals surface area contributed by atoms with Gasteiger partial charge in [-0.3, -0.25) is 4.79 Å². The fraction of sp³-hybridized carbons (Fsp3) is 0.278. The molecule has 0 radical (unpaired) electrons. The Bertz CT molecular complexity index is 713. The second-order valence-corrected chi connectivity index (χ2v) is 5.36. The molecule has 0 aliphatic heterocycles. The molecule has 2 aromatic carbocycles. The number of alkyl halides is 3. The number of ether oxygens (including phenoxy) is 1. The molecule has 2 aromatic rings. The second-order valence-electron chi connectivity index (χ2n) is 5.36. The molecule has 6 heteroatoms. The molecule has 0 bridgehead atoms. The number of hydrogen-bond donors (Lipinski definition) is 1. The Morgan fingerprint density at radius 1 is 1.17 bits per heavy atom. The lowest BCUT2D eigenvalue weighted by atomic mass is 10.1. The second kappa shape index (κ2) is 7.38. The van der Waals surface area contributed by atoms with Crippen molar-refractivity contribution >= 4 is 11.6 Å². The summed E-state index contributed by atoms with van der Waals surface area (Å²) in [6, 6.07) is 12.0. The highest BCUT2D eigenvalue weighted by Crippen LogP contribution is 2.34.